The lowest BCUT2D eigenvalue weighted by atomic mass is 10.0. The molecule has 0 aliphatic carbocycles. The molecule has 0 aromatic heterocycles. The van der Waals surface area contributed by atoms with Gasteiger partial charge in [0.2, 0.25) is 0 Å². The number of rotatable bonds is 9. The van der Waals surface area contributed by atoms with Gasteiger partial charge >= 0.3 is 0 Å². The molecule has 14 heavy (non-hydrogen) atoms. The average Bonchev–Trinajstić information content (AvgIpc) is 2.24. The Balaban J connectivity index is 3.35. The van der Waals surface area contributed by atoms with Gasteiger partial charge in [-0.3, -0.25) is 0 Å². The highest BCUT2D eigenvalue weighted by molar-refractivity contribution is 4.60. The highest BCUT2D eigenvalue weighted by atomic mass is 15.1. The topological polar surface area (TPSA) is 15.3 Å². The van der Waals surface area contributed by atoms with Gasteiger partial charge in [-0.1, -0.05) is 40.5 Å². The predicted octanol–water partition coefficient (Wildman–Crippen LogP) is 2.35. The van der Waals surface area contributed by atoms with Crippen molar-refractivity contribution in [3.63, 3.8) is 0 Å². The van der Waals surface area contributed by atoms with Crippen molar-refractivity contribution in [1.82, 2.24) is 10.2 Å². The average molecular weight is 200 g/mol. The van der Waals surface area contributed by atoms with Crippen molar-refractivity contribution in [2.45, 2.75) is 40.5 Å². The van der Waals surface area contributed by atoms with Crippen LogP contribution in [0.4, 0.5) is 0 Å². The van der Waals surface area contributed by atoms with Crippen LogP contribution in [0, 0.1) is 5.92 Å². The third-order valence-corrected chi connectivity index (χ3v) is 3.09. The van der Waals surface area contributed by atoms with Crippen molar-refractivity contribution in [3.05, 3.63) is 0 Å². The van der Waals surface area contributed by atoms with Crippen molar-refractivity contribution in [3.8, 4) is 0 Å². The Morgan fingerprint density at radius 3 is 2.00 bits per heavy atom. The summed E-state index contributed by atoms with van der Waals surface area (Å²) in [5.74, 6) is 0.867. The van der Waals surface area contributed by atoms with Crippen LogP contribution in [0.25, 0.3) is 0 Å². The molecule has 0 aliphatic heterocycles. The van der Waals surface area contributed by atoms with E-state index in [4.69, 9.17) is 0 Å². The fourth-order valence-corrected chi connectivity index (χ4v) is 1.66. The monoisotopic (exact) mass is 200 g/mol. The first-order valence-electron chi connectivity index (χ1n) is 6.21. The Morgan fingerprint density at radius 2 is 1.57 bits per heavy atom. The minimum absolute atomic E-state index is 0.867. The van der Waals surface area contributed by atoms with Crippen LogP contribution in [0.5, 0.6) is 0 Å². The van der Waals surface area contributed by atoms with Gasteiger partial charge in [0.25, 0.3) is 0 Å². The summed E-state index contributed by atoms with van der Waals surface area (Å²) >= 11 is 0. The molecule has 0 aromatic rings. The van der Waals surface area contributed by atoms with Gasteiger partial charge in [0.05, 0.1) is 0 Å². The Hall–Kier alpha value is -0.0800. The van der Waals surface area contributed by atoms with Gasteiger partial charge < -0.3 is 10.2 Å². The van der Waals surface area contributed by atoms with Gasteiger partial charge in [-0.25, -0.2) is 0 Å². The van der Waals surface area contributed by atoms with Gasteiger partial charge in [-0.2, -0.15) is 0 Å². The van der Waals surface area contributed by atoms with E-state index in [1.807, 2.05) is 0 Å². The van der Waals surface area contributed by atoms with Crippen molar-refractivity contribution in [1.29, 1.82) is 0 Å². The fourth-order valence-electron chi connectivity index (χ4n) is 1.66. The largest absolute Gasteiger partial charge is 0.315 e. The van der Waals surface area contributed by atoms with Crippen LogP contribution in [0.3, 0.4) is 0 Å². The molecule has 2 nitrogen and oxygen atoms in total. The molecule has 0 rings (SSSR count). The molecule has 0 radical (unpaired) electrons. The molecule has 0 amide bonds. The maximum atomic E-state index is 3.54. The Kier molecular flexibility index (Phi) is 9.42. The maximum Gasteiger partial charge on any atom is 0.0107 e. The maximum absolute atomic E-state index is 3.54. The van der Waals surface area contributed by atoms with E-state index in [1.54, 1.807) is 0 Å². The van der Waals surface area contributed by atoms with Crippen LogP contribution in [-0.2, 0) is 0 Å². The molecule has 0 saturated heterocycles. The second-order valence-corrected chi connectivity index (χ2v) is 3.91. The standard InChI is InChI=1S/C12H28N2/c1-5-12(6-2)11-13-9-10-14(7-3)8-4/h12-13H,5-11H2,1-4H3. The van der Waals surface area contributed by atoms with Gasteiger partial charge in [-0.15, -0.1) is 0 Å². The number of nitrogens with zero attached hydrogens (tertiary/aromatic N) is 1. The van der Waals surface area contributed by atoms with E-state index in [1.165, 1.54) is 39.0 Å². The molecular weight excluding hydrogens is 172 g/mol. The molecule has 0 bridgehead atoms. The van der Waals surface area contributed by atoms with E-state index in [9.17, 15) is 0 Å². The molecule has 0 saturated carbocycles. The first-order chi connectivity index (χ1) is 6.78. The molecule has 0 aromatic carbocycles. The Labute approximate surface area is 90.1 Å². The highest BCUT2D eigenvalue weighted by Gasteiger charge is 2.02. The molecule has 1 N–H and O–H groups in total. The van der Waals surface area contributed by atoms with Gasteiger partial charge in [0, 0.05) is 13.1 Å². The van der Waals surface area contributed by atoms with E-state index >= 15 is 0 Å². The van der Waals surface area contributed by atoms with E-state index in [2.05, 4.69) is 37.9 Å². The number of hydrogen-bond acceptors (Lipinski definition) is 2. The summed E-state index contributed by atoms with van der Waals surface area (Å²) in [6.45, 7) is 14.9. The zero-order valence-corrected chi connectivity index (χ0v) is 10.5. The molecule has 86 valence electrons. The second kappa shape index (κ2) is 9.47. The molecular formula is C12H28N2. The third kappa shape index (κ3) is 6.39. The van der Waals surface area contributed by atoms with Crippen molar-refractivity contribution >= 4 is 0 Å². The number of hydrogen-bond donors (Lipinski definition) is 1. The van der Waals surface area contributed by atoms with E-state index in [0.717, 1.165) is 12.5 Å². The zero-order valence-electron chi connectivity index (χ0n) is 10.5. The van der Waals surface area contributed by atoms with Gasteiger partial charge in [-0.05, 0) is 25.6 Å². The summed E-state index contributed by atoms with van der Waals surface area (Å²) < 4.78 is 0. The van der Waals surface area contributed by atoms with Crippen LogP contribution in [-0.4, -0.2) is 37.6 Å². The SMILES string of the molecule is CCC(CC)CNCCN(CC)CC. The fraction of sp³-hybridized carbons (Fsp3) is 1.00. The lowest BCUT2D eigenvalue weighted by Gasteiger charge is -2.19. The van der Waals surface area contributed by atoms with E-state index < -0.39 is 0 Å². The van der Waals surface area contributed by atoms with Crippen LogP contribution in [0.15, 0.2) is 0 Å². The molecule has 0 aliphatic rings. The minimum atomic E-state index is 0.867. The Bertz CT molecular complexity index is 92.9. The van der Waals surface area contributed by atoms with Gasteiger partial charge in [0.15, 0.2) is 0 Å². The summed E-state index contributed by atoms with van der Waals surface area (Å²) in [6.07, 6.45) is 2.60. The highest BCUT2D eigenvalue weighted by Crippen LogP contribution is 2.04. The summed E-state index contributed by atoms with van der Waals surface area (Å²) in [7, 11) is 0. The second-order valence-electron chi connectivity index (χ2n) is 3.91. The van der Waals surface area contributed by atoms with E-state index in [-0.39, 0.29) is 0 Å². The van der Waals surface area contributed by atoms with Crippen LogP contribution in [0.1, 0.15) is 40.5 Å². The minimum Gasteiger partial charge on any atom is -0.315 e. The third-order valence-electron chi connectivity index (χ3n) is 3.09. The lowest BCUT2D eigenvalue weighted by Crippen LogP contribution is -2.33. The van der Waals surface area contributed by atoms with Crippen LogP contribution < -0.4 is 5.32 Å². The first kappa shape index (κ1) is 13.9. The van der Waals surface area contributed by atoms with Crippen LogP contribution in [0.2, 0.25) is 0 Å². The quantitative estimate of drug-likeness (QED) is 0.575. The Morgan fingerprint density at radius 1 is 1.00 bits per heavy atom. The number of likely N-dealkylation sites (N-methyl/N-ethyl adjacent to an activating group) is 1. The summed E-state index contributed by atoms with van der Waals surface area (Å²) in [5, 5.41) is 3.54. The smallest absolute Gasteiger partial charge is 0.0107 e. The molecule has 0 unspecified atom stereocenters. The van der Waals surface area contributed by atoms with Crippen molar-refractivity contribution in [2.24, 2.45) is 5.92 Å². The normalized spacial score (nSPS) is 11.6. The molecule has 0 fully saturated rings. The first-order valence-corrected chi connectivity index (χ1v) is 6.21. The van der Waals surface area contributed by atoms with Gasteiger partial charge in [0.1, 0.15) is 0 Å². The number of nitrogens with one attached hydrogen (secondary N) is 1. The summed E-state index contributed by atoms with van der Waals surface area (Å²) in [6, 6.07) is 0. The predicted molar refractivity (Wildman–Crippen MR) is 64.7 cm³/mol. The van der Waals surface area contributed by atoms with Crippen molar-refractivity contribution < 1.29 is 0 Å². The molecule has 0 spiro atoms. The van der Waals surface area contributed by atoms with Crippen molar-refractivity contribution in [2.75, 3.05) is 32.7 Å². The molecule has 0 atom stereocenters. The molecule has 2 heteroatoms. The van der Waals surface area contributed by atoms with Crippen LogP contribution >= 0.6 is 0 Å². The lowest BCUT2D eigenvalue weighted by molar-refractivity contribution is 0.297. The van der Waals surface area contributed by atoms with E-state index in [0.29, 0.717) is 0 Å². The summed E-state index contributed by atoms with van der Waals surface area (Å²) in [5.41, 5.74) is 0. The summed E-state index contributed by atoms with van der Waals surface area (Å²) in [4.78, 5) is 2.46. The zero-order chi connectivity index (χ0) is 10.8. The molecule has 0 heterocycles.